The third kappa shape index (κ3) is 6.32. The number of halogens is 7. The van der Waals surface area contributed by atoms with Crippen molar-refractivity contribution in [2.45, 2.75) is 31.2 Å². The molecule has 0 radical (unpaired) electrons. The molecule has 226 valence electrons. The van der Waals surface area contributed by atoms with E-state index in [1.807, 2.05) is 0 Å². The van der Waals surface area contributed by atoms with Crippen LogP contribution in [0.15, 0.2) is 36.5 Å². The second kappa shape index (κ2) is 10.6. The smallest absolute Gasteiger partial charge is 0.422 e. The summed E-state index contributed by atoms with van der Waals surface area (Å²) in [6, 6.07) is 4.46. The number of fused-ring (bicyclic) bond motifs is 1. The molecule has 42 heavy (non-hydrogen) atoms. The number of anilines is 1. The number of rotatable bonds is 7. The molecule has 0 bridgehead atoms. The lowest BCUT2D eigenvalue weighted by Crippen LogP contribution is -2.60. The van der Waals surface area contributed by atoms with E-state index < -0.39 is 92.5 Å². The highest BCUT2D eigenvalue weighted by Crippen LogP contribution is 2.46. The summed E-state index contributed by atoms with van der Waals surface area (Å²) in [4.78, 5) is 29.8. The van der Waals surface area contributed by atoms with Gasteiger partial charge in [-0.05, 0) is 30.7 Å². The summed E-state index contributed by atoms with van der Waals surface area (Å²) in [6.07, 6.45) is -9.27. The number of alkyl halides is 6. The van der Waals surface area contributed by atoms with Crippen molar-refractivity contribution in [2.75, 3.05) is 23.9 Å². The average molecular weight is 624 g/mol. The number of carbonyl (C=O) groups is 2. The Morgan fingerprint density at radius 1 is 1.17 bits per heavy atom. The topological polar surface area (TPSA) is 132 Å². The summed E-state index contributed by atoms with van der Waals surface area (Å²) in [6.45, 7) is -0.145. The summed E-state index contributed by atoms with van der Waals surface area (Å²) < 4.78 is 125. The standard InChI is InChI=1S/C24H20F7N5O5S/c1-12-3-6-17(32-9-12)36-20(33-18(37)10-42(2,39)40)19-16(35-36)8-22(24(29,30)31,34-21(19)38)14-5-4-13(7-15(14)25)41-11-23(26,27)28/h3-7,9H,8,10-11H2,1-2H3,(H,33,37)(H,34,38)/t22-/m0/s1. The molecule has 18 heteroatoms. The summed E-state index contributed by atoms with van der Waals surface area (Å²) in [5.74, 6) is -6.51. The molecule has 2 aromatic heterocycles. The number of aromatic nitrogens is 3. The van der Waals surface area contributed by atoms with Gasteiger partial charge in [-0.1, -0.05) is 6.07 Å². The quantitative estimate of drug-likeness (QED) is 0.386. The summed E-state index contributed by atoms with van der Waals surface area (Å²) in [5, 5.41) is 7.96. The van der Waals surface area contributed by atoms with Crippen LogP contribution in [0.5, 0.6) is 5.75 Å². The Morgan fingerprint density at radius 3 is 2.40 bits per heavy atom. The fraction of sp³-hybridized carbons (Fsp3) is 0.333. The molecule has 1 atom stereocenters. The summed E-state index contributed by atoms with van der Waals surface area (Å²) in [5.41, 5.74) is -5.05. The fourth-order valence-electron chi connectivity index (χ4n) is 4.23. The number of nitrogens with zero attached hydrogens (tertiary/aromatic N) is 3. The van der Waals surface area contributed by atoms with E-state index in [0.29, 0.717) is 23.8 Å². The average Bonchev–Trinajstić information content (AvgIpc) is 3.19. The van der Waals surface area contributed by atoms with Crippen LogP contribution in [-0.2, 0) is 26.6 Å². The predicted octanol–water partition coefficient (Wildman–Crippen LogP) is 3.38. The van der Waals surface area contributed by atoms with Crippen LogP contribution in [0.4, 0.5) is 36.6 Å². The van der Waals surface area contributed by atoms with Crippen LogP contribution >= 0.6 is 0 Å². The molecule has 0 saturated heterocycles. The van der Waals surface area contributed by atoms with Gasteiger partial charge in [0.05, 0.1) is 5.69 Å². The van der Waals surface area contributed by atoms with Crippen LogP contribution in [0.25, 0.3) is 5.82 Å². The molecule has 1 aliphatic heterocycles. The van der Waals surface area contributed by atoms with E-state index in [4.69, 9.17) is 0 Å². The van der Waals surface area contributed by atoms with Crippen molar-refractivity contribution >= 4 is 27.5 Å². The largest absolute Gasteiger partial charge is 0.484 e. The molecule has 1 aliphatic rings. The predicted molar refractivity (Wildman–Crippen MR) is 131 cm³/mol. The molecule has 0 fully saturated rings. The van der Waals surface area contributed by atoms with Crippen molar-refractivity contribution in [2.24, 2.45) is 0 Å². The van der Waals surface area contributed by atoms with Gasteiger partial charge in [-0.3, -0.25) is 9.59 Å². The minimum atomic E-state index is -5.37. The summed E-state index contributed by atoms with van der Waals surface area (Å²) >= 11 is 0. The van der Waals surface area contributed by atoms with E-state index in [1.54, 1.807) is 18.3 Å². The van der Waals surface area contributed by atoms with Gasteiger partial charge in [-0.25, -0.2) is 17.8 Å². The molecule has 0 spiro atoms. The van der Waals surface area contributed by atoms with Gasteiger partial charge >= 0.3 is 12.4 Å². The van der Waals surface area contributed by atoms with Gasteiger partial charge in [0.25, 0.3) is 5.91 Å². The van der Waals surface area contributed by atoms with Crippen LogP contribution in [-0.4, -0.2) is 66.0 Å². The number of ether oxygens (including phenoxy) is 1. The zero-order valence-corrected chi connectivity index (χ0v) is 22.3. The molecule has 2 amide bonds. The first-order valence-corrected chi connectivity index (χ1v) is 13.8. The van der Waals surface area contributed by atoms with Gasteiger partial charge in [0.1, 0.15) is 22.9 Å². The number of pyridine rings is 1. The third-order valence-corrected chi connectivity index (χ3v) is 6.78. The lowest BCUT2D eigenvalue weighted by atomic mass is 9.80. The first kappa shape index (κ1) is 30.7. The van der Waals surface area contributed by atoms with Gasteiger partial charge in [0.2, 0.25) is 5.91 Å². The lowest BCUT2D eigenvalue weighted by Gasteiger charge is -2.39. The van der Waals surface area contributed by atoms with Crippen LogP contribution in [0.1, 0.15) is 27.2 Å². The molecule has 3 heterocycles. The van der Waals surface area contributed by atoms with Gasteiger partial charge in [-0.15, -0.1) is 0 Å². The van der Waals surface area contributed by atoms with E-state index in [0.717, 1.165) is 10.9 Å². The van der Waals surface area contributed by atoms with Gasteiger partial charge in [0, 0.05) is 30.5 Å². The molecule has 10 nitrogen and oxygen atoms in total. The van der Waals surface area contributed by atoms with E-state index in [-0.39, 0.29) is 5.82 Å². The molecule has 0 saturated carbocycles. The van der Waals surface area contributed by atoms with Gasteiger partial charge < -0.3 is 15.4 Å². The number of hydrogen-bond donors (Lipinski definition) is 2. The molecule has 1 aromatic carbocycles. The Balaban J connectivity index is 1.84. The monoisotopic (exact) mass is 623 g/mol. The number of aryl methyl sites for hydroxylation is 1. The molecular weight excluding hydrogens is 603 g/mol. The zero-order valence-electron chi connectivity index (χ0n) is 21.5. The van der Waals surface area contributed by atoms with Crippen molar-refractivity contribution in [1.29, 1.82) is 0 Å². The maximum Gasteiger partial charge on any atom is 0.422 e. The van der Waals surface area contributed by atoms with Crippen molar-refractivity contribution in [1.82, 2.24) is 20.1 Å². The highest BCUT2D eigenvalue weighted by molar-refractivity contribution is 7.91. The second-order valence-electron chi connectivity index (χ2n) is 9.47. The second-order valence-corrected chi connectivity index (χ2v) is 11.6. The van der Waals surface area contributed by atoms with Crippen molar-refractivity contribution < 1.29 is 53.5 Å². The summed E-state index contributed by atoms with van der Waals surface area (Å²) in [7, 11) is -3.86. The fourth-order valence-corrected chi connectivity index (χ4v) is 4.78. The normalized spacial score (nSPS) is 17.4. The molecular formula is C24H20F7N5O5S. The van der Waals surface area contributed by atoms with Crippen molar-refractivity contribution in [3.63, 3.8) is 0 Å². The maximum absolute atomic E-state index is 15.1. The molecule has 3 aromatic rings. The highest BCUT2D eigenvalue weighted by Gasteiger charge is 2.61. The Labute approximate surface area is 232 Å². The Morgan fingerprint density at radius 2 is 1.86 bits per heavy atom. The van der Waals surface area contributed by atoms with Gasteiger partial charge in [0.15, 0.2) is 33.6 Å². The zero-order chi connectivity index (χ0) is 31.3. The number of benzene rings is 1. The Kier molecular flexibility index (Phi) is 7.73. The van der Waals surface area contributed by atoms with Gasteiger partial charge in [-0.2, -0.15) is 36.1 Å². The van der Waals surface area contributed by atoms with Crippen LogP contribution in [0.3, 0.4) is 0 Å². The van der Waals surface area contributed by atoms with Crippen molar-refractivity contribution in [3.8, 4) is 11.6 Å². The van der Waals surface area contributed by atoms with E-state index in [9.17, 15) is 44.3 Å². The van der Waals surface area contributed by atoms with Crippen LogP contribution in [0, 0.1) is 12.7 Å². The molecule has 0 aliphatic carbocycles. The first-order valence-electron chi connectivity index (χ1n) is 11.7. The number of sulfone groups is 1. The van der Waals surface area contributed by atoms with E-state index >= 15 is 4.39 Å². The maximum atomic E-state index is 15.1. The SMILES string of the molecule is Cc1ccc(-n2nc3c(c2NC(=O)CS(C)(=O)=O)C(=O)N[C@@](c2ccc(OCC(F)(F)F)cc2F)(C(F)(F)F)C3)nc1. The van der Waals surface area contributed by atoms with Crippen LogP contribution in [0.2, 0.25) is 0 Å². The Bertz CT molecular complexity index is 1650. The van der Waals surface area contributed by atoms with E-state index in [1.165, 1.54) is 12.3 Å². The van der Waals surface area contributed by atoms with Crippen molar-refractivity contribution in [3.05, 3.63) is 64.7 Å². The molecule has 2 N–H and O–H groups in total. The highest BCUT2D eigenvalue weighted by atomic mass is 32.2. The third-order valence-electron chi connectivity index (χ3n) is 6.00. The van der Waals surface area contributed by atoms with Crippen LogP contribution < -0.4 is 15.4 Å². The lowest BCUT2D eigenvalue weighted by molar-refractivity contribution is -0.199. The number of nitrogens with one attached hydrogen (secondary N) is 2. The Hall–Kier alpha value is -4.22. The number of carbonyl (C=O) groups excluding carboxylic acids is 2. The van der Waals surface area contributed by atoms with E-state index in [2.05, 4.69) is 20.1 Å². The minimum absolute atomic E-state index is 0.0626. The first-order chi connectivity index (χ1) is 19.3. The molecule has 0 unspecified atom stereocenters. The number of amides is 2. The molecule has 4 rings (SSSR count). The minimum Gasteiger partial charge on any atom is -0.484 e. The number of hydrogen-bond acceptors (Lipinski definition) is 7.